The summed E-state index contributed by atoms with van der Waals surface area (Å²) >= 11 is 0. The van der Waals surface area contributed by atoms with Crippen molar-refractivity contribution in [1.82, 2.24) is 9.38 Å². The second-order valence-corrected chi connectivity index (χ2v) is 7.30. The Kier molecular flexibility index (Phi) is 5.85. The van der Waals surface area contributed by atoms with Gasteiger partial charge in [0.15, 0.2) is 0 Å². The van der Waals surface area contributed by atoms with Crippen LogP contribution in [0, 0.1) is 19.7 Å². The van der Waals surface area contributed by atoms with Crippen LogP contribution in [0.2, 0.25) is 0 Å². The van der Waals surface area contributed by atoms with E-state index in [9.17, 15) is 14.0 Å². The Morgan fingerprint density at radius 1 is 1.03 bits per heavy atom. The third kappa shape index (κ3) is 4.59. The molecule has 2 aromatic carbocycles. The molecular formula is C24H21FN4O3. The number of nitrogens with one attached hydrogen (secondary N) is 2. The van der Waals surface area contributed by atoms with Crippen molar-refractivity contribution in [2.45, 2.75) is 20.5 Å². The number of benzene rings is 2. The zero-order chi connectivity index (χ0) is 22.7. The summed E-state index contributed by atoms with van der Waals surface area (Å²) in [6, 6.07) is 15.9. The summed E-state index contributed by atoms with van der Waals surface area (Å²) in [5.41, 5.74) is 2.96. The van der Waals surface area contributed by atoms with E-state index in [0.717, 1.165) is 5.56 Å². The number of fused-ring (bicyclic) bond motifs is 1. The van der Waals surface area contributed by atoms with E-state index in [2.05, 4.69) is 15.6 Å². The monoisotopic (exact) mass is 432 g/mol. The van der Waals surface area contributed by atoms with Crippen LogP contribution < -0.4 is 20.9 Å². The minimum Gasteiger partial charge on any atom is -0.485 e. The number of aryl methyl sites for hydroxylation is 2. The van der Waals surface area contributed by atoms with Gasteiger partial charge >= 0.3 is 6.03 Å². The van der Waals surface area contributed by atoms with Crippen LogP contribution in [-0.4, -0.2) is 15.4 Å². The molecule has 2 aromatic heterocycles. The Morgan fingerprint density at radius 3 is 2.66 bits per heavy atom. The Morgan fingerprint density at radius 2 is 1.84 bits per heavy atom. The first-order valence-electron chi connectivity index (χ1n) is 9.94. The van der Waals surface area contributed by atoms with E-state index in [4.69, 9.17) is 4.74 Å². The first kappa shape index (κ1) is 21.0. The van der Waals surface area contributed by atoms with Gasteiger partial charge in [-0.1, -0.05) is 24.3 Å². The molecule has 0 unspecified atom stereocenters. The highest BCUT2D eigenvalue weighted by atomic mass is 19.1. The number of urea groups is 1. The number of aromatic nitrogens is 2. The standard InChI is InChI=1S/C24H21FN4O3/c1-15-9-10-17(12-19(15)25)27-24(31)28-20-7-3-4-8-21(20)32-14-18-13-22(30)29-11-5-6-16(2)23(29)26-18/h3-13H,14H2,1-2H3,(H2,27,28,31). The van der Waals surface area contributed by atoms with Crippen LogP contribution in [-0.2, 0) is 6.61 Å². The van der Waals surface area contributed by atoms with Gasteiger partial charge in [0.2, 0.25) is 0 Å². The third-order valence-corrected chi connectivity index (χ3v) is 4.88. The Bertz CT molecular complexity index is 1370. The number of nitrogens with zero attached hydrogens (tertiary/aromatic N) is 2. The molecule has 0 spiro atoms. The van der Waals surface area contributed by atoms with Crippen molar-refractivity contribution >= 4 is 23.1 Å². The van der Waals surface area contributed by atoms with Gasteiger partial charge < -0.3 is 15.4 Å². The summed E-state index contributed by atoms with van der Waals surface area (Å²) < 4.78 is 21.0. The summed E-state index contributed by atoms with van der Waals surface area (Å²) in [6.45, 7) is 3.57. The van der Waals surface area contributed by atoms with Gasteiger partial charge in [0.05, 0.1) is 11.4 Å². The lowest BCUT2D eigenvalue weighted by molar-refractivity contribution is 0.261. The van der Waals surface area contributed by atoms with Gasteiger partial charge in [-0.25, -0.2) is 14.2 Å². The molecule has 0 radical (unpaired) electrons. The number of anilines is 2. The molecule has 162 valence electrons. The van der Waals surface area contributed by atoms with E-state index in [1.165, 1.54) is 16.5 Å². The molecule has 4 aromatic rings. The van der Waals surface area contributed by atoms with Crippen LogP contribution in [0.5, 0.6) is 5.75 Å². The predicted octanol–water partition coefficient (Wildman–Crippen LogP) is 4.67. The number of para-hydroxylation sites is 2. The lowest BCUT2D eigenvalue weighted by Gasteiger charge is -2.13. The minimum absolute atomic E-state index is 0.0452. The van der Waals surface area contributed by atoms with E-state index in [0.29, 0.717) is 34.0 Å². The highest BCUT2D eigenvalue weighted by Crippen LogP contribution is 2.25. The molecule has 0 saturated carbocycles. The molecule has 0 saturated heterocycles. The molecule has 7 nitrogen and oxygen atoms in total. The van der Waals surface area contributed by atoms with Gasteiger partial charge in [0.25, 0.3) is 5.56 Å². The molecule has 8 heteroatoms. The molecule has 0 bridgehead atoms. The van der Waals surface area contributed by atoms with Crippen LogP contribution in [0.3, 0.4) is 0 Å². The highest BCUT2D eigenvalue weighted by molar-refractivity contribution is 6.00. The molecule has 0 aliphatic heterocycles. The topological polar surface area (TPSA) is 84.7 Å². The zero-order valence-corrected chi connectivity index (χ0v) is 17.6. The van der Waals surface area contributed by atoms with E-state index in [-0.39, 0.29) is 12.2 Å². The lowest BCUT2D eigenvalue weighted by atomic mass is 10.2. The number of hydrogen-bond donors (Lipinski definition) is 2. The van der Waals surface area contributed by atoms with Gasteiger partial charge in [-0.2, -0.15) is 0 Å². The van der Waals surface area contributed by atoms with Crippen molar-refractivity contribution in [3.8, 4) is 5.75 Å². The first-order chi connectivity index (χ1) is 15.4. The van der Waals surface area contributed by atoms with Crippen LogP contribution >= 0.6 is 0 Å². The van der Waals surface area contributed by atoms with E-state index in [1.54, 1.807) is 55.6 Å². The number of ether oxygens (including phenoxy) is 1. The molecule has 0 fully saturated rings. The number of pyridine rings is 1. The van der Waals surface area contributed by atoms with Crippen molar-refractivity contribution < 1.29 is 13.9 Å². The maximum atomic E-state index is 13.7. The SMILES string of the molecule is Cc1ccc(NC(=O)Nc2ccccc2OCc2cc(=O)n3cccc(C)c3n2)cc1F. The summed E-state index contributed by atoms with van der Waals surface area (Å²) in [4.78, 5) is 29.3. The molecule has 0 aliphatic carbocycles. The largest absolute Gasteiger partial charge is 0.485 e. The predicted molar refractivity (Wildman–Crippen MR) is 121 cm³/mol. The molecule has 32 heavy (non-hydrogen) atoms. The molecule has 0 aliphatic rings. The minimum atomic E-state index is -0.540. The molecule has 2 heterocycles. The second-order valence-electron chi connectivity index (χ2n) is 7.30. The van der Waals surface area contributed by atoms with Gasteiger partial charge in [-0.15, -0.1) is 0 Å². The Hall–Kier alpha value is -4.20. The van der Waals surface area contributed by atoms with Crippen molar-refractivity contribution in [3.05, 3.63) is 99.9 Å². The number of hydrogen-bond acceptors (Lipinski definition) is 4. The van der Waals surface area contributed by atoms with Gasteiger partial charge in [0, 0.05) is 18.0 Å². The maximum absolute atomic E-state index is 13.7. The highest BCUT2D eigenvalue weighted by Gasteiger charge is 2.11. The van der Waals surface area contributed by atoms with Crippen LogP contribution in [0.25, 0.3) is 5.65 Å². The van der Waals surface area contributed by atoms with Crippen LogP contribution in [0.4, 0.5) is 20.6 Å². The van der Waals surface area contributed by atoms with Crippen molar-refractivity contribution in [3.63, 3.8) is 0 Å². The van der Waals surface area contributed by atoms with Gasteiger partial charge in [0.1, 0.15) is 23.8 Å². The molecule has 2 amide bonds. The average Bonchev–Trinajstić information content (AvgIpc) is 2.76. The maximum Gasteiger partial charge on any atom is 0.323 e. The first-order valence-corrected chi connectivity index (χ1v) is 9.94. The van der Waals surface area contributed by atoms with Gasteiger partial charge in [-0.05, 0) is 55.3 Å². The molecular weight excluding hydrogens is 411 g/mol. The van der Waals surface area contributed by atoms with Crippen molar-refractivity contribution in [2.75, 3.05) is 10.6 Å². The smallest absolute Gasteiger partial charge is 0.323 e. The number of amides is 2. The molecule has 4 rings (SSSR count). The summed E-state index contributed by atoms with van der Waals surface area (Å²) in [5.74, 6) is 0.00470. The number of rotatable bonds is 5. The molecule has 2 N–H and O–H groups in total. The molecule has 0 atom stereocenters. The Labute approximate surface area is 183 Å². The van der Waals surface area contributed by atoms with E-state index >= 15 is 0 Å². The lowest BCUT2D eigenvalue weighted by Crippen LogP contribution is -2.20. The van der Waals surface area contributed by atoms with Crippen LogP contribution in [0.15, 0.2) is 71.7 Å². The second kappa shape index (κ2) is 8.89. The van der Waals surface area contributed by atoms with Crippen LogP contribution in [0.1, 0.15) is 16.8 Å². The zero-order valence-electron chi connectivity index (χ0n) is 17.6. The summed E-state index contributed by atoms with van der Waals surface area (Å²) in [6.07, 6.45) is 1.67. The van der Waals surface area contributed by atoms with E-state index in [1.807, 2.05) is 13.0 Å². The fraction of sp³-hybridized carbons (Fsp3) is 0.125. The quantitative estimate of drug-likeness (QED) is 0.480. The number of carbonyl (C=O) groups excluding carboxylic acids is 1. The summed E-state index contributed by atoms with van der Waals surface area (Å²) in [5, 5.41) is 5.29. The normalized spacial score (nSPS) is 10.7. The van der Waals surface area contributed by atoms with E-state index < -0.39 is 11.8 Å². The third-order valence-electron chi connectivity index (χ3n) is 4.88. The van der Waals surface area contributed by atoms with Crippen molar-refractivity contribution in [1.29, 1.82) is 0 Å². The fourth-order valence-electron chi connectivity index (χ4n) is 3.19. The number of halogens is 1. The van der Waals surface area contributed by atoms with Gasteiger partial charge in [-0.3, -0.25) is 9.20 Å². The number of carbonyl (C=O) groups is 1. The summed E-state index contributed by atoms with van der Waals surface area (Å²) in [7, 11) is 0. The van der Waals surface area contributed by atoms with Crippen molar-refractivity contribution in [2.24, 2.45) is 0 Å². The average molecular weight is 432 g/mol. The Balaban J connectivity index is 1.48. The fourth-order valence-corrected chi connectivity index (χ4v) is 3.19.